The molecular weight excluding hydrogens is 1950 g/mol. The molecule has 0 bridgehead atoms. The first-order valence-electron chi connectivity index (χ1n) is 45.8. The zero-order valence-corrected chi connectivity index (χ0v) is 94.7. The van der Waals surface area contributed by atoms with Gasteiger partial charge in [-0.25, -0.2) is 149 Å². The van der Waals surface area contributed by atoms with Crippen LogP contribution in [0.1, 0.15) is 259 Å². The Morgan fingerprint density at radius 1 is 0.327 bits per heavy atom. The van der Waals surface area contributed by atoms with Crippen LogP contribution in [-0.2, 0) is 0 Å². The van der Waals surface area contributed by atoms with Gasteiger partial charge in [0.1, 0.15) is 106 Å². The molecule has 147 heavy (non-hydrogen) atoms. The van der Waals surface area contributed by atoms with E-state index in [1.165, 1.54) is 25.6 Å². The van der Waals surface area contributed by atoms with Crippen LogP contribution in [0.15, 0.2) is 104 Å². The van der Waals surface area contributed by atoms with Crippen LogP contribution in [0.2, 0.25) is 5.02 Å². The van der Waals surface area contributed by atoms with Gasteiger partial charge < -0.3 is 0 Å². The number of aldehydes is 1. The van der Waals surface area contributed by atoms with Gasteiger partial charge in [-0.3, -0.25) is 19.6 Å². The molecule has 0 amide bonds. The predicted molar refractivity (Wildman–Crippen MR) is 573 cm³/mol. The van der Waals surface area contributed by atoms with Crippen LogP contribution in [0.3, 0.4) is 0 Å². The lowest BCUT2D eigenvalue weighted by atomic mass is 10.2. The second-order valence-corrected chi connectivity index (χ2v) is 32.8. The number of hydrogen-bond acceptors (Lipinski definition) is 38. The molecule has 0 saturated carbocycles. The van der Waals surface area contributed by atoms with E-state index in [-0.39, 0.29) is 11.6 Å². The summed E-state index contributed by atoms with van der Waals surface area (Å²) in [4.78, 5) is 144. The SMILES string of the molecule is C#Cc1cnc(C)nc1C.CC.CC(=O)c1cnc(C)nc1C.Cc1cc(C)ncn1.Cc1ccnc(C)n1.Cc1cnnc(C)n1.Cc1ncc(Br)c(C)n1.Cc1ncc(C)c(C)n1.Cc1ncc(C)c(C)n1.Cc1ncc(C)c(C)n1.Cc1ncc(C=O)c(C)n1.Cc1ncc(Cl)c(C)n1.Cc1ncc(F)c(C)n1.Cc1ncnc(C)n1.Cc1nnc(C)c(C)n1.Cc1nnc(C)c(C)n1.[C-]#[N+]c1cnc(C)nc1C. The monoisotopic (exact) mass is 2080 g/mol. The van der Waals surface area contributed by atoms with E-state index in [4.69, 9.17) is 24.6 Å². The molecule has 16 rings (SSSR count). The van der Waals surface area contributed by atoms with Gasteiger partial charge in [-0.2, -0.15) is 15.3 Å². The summed E-state index contributed by atoms with van der Waals surface area (Å²) in [6, 6.07) is 3.83. The summed E-state index contributed by atoms with van der Waals surface area (Å²) >= 11 is 8.96. The molecule has 16 aromatic heterocycles. The Bertz CT molecular complexity index is 5970. The van der Waals surface area contributed by atoms with Crippen LogP contribution in [-0.4, -0.2) is 192 Å². The summed E-state index contributed by atoms with van der Waals surface area (Å²) in [7, 11) is 0. The van der Waals surface area contributed by atoms with E-state index in [0.29, 0.717) is 50.8 Å². The predicted octanol–water partition coefficient (Wildman–Crippen LogP) is 19.7. The topological polar surface area (TPSA) is 503 Å². The molecule has 0 spiro atoms. The maximum Gasteiger partial charge on any atom is 0.225 e. The van der Waals surface area contributed by atoms with Gasteiger partial charge in [0.15, 0.2) is 17.9 Å². The first-order valence-corrected chi connectivity index (χ1v) is 47.0. The highest BCUT2D eigenvalue weighted by Crippen LogP contribution is 2.15. The van der Waals surface area contributed by atoms with Gasteiger partial charge in [0, 0.05) is 102 Å². The van der Waals surface area contributed by atoms with Crippen molar-refractivity contribution in [2.24, 2.45) is 0 Å². The van der Waals surface area contributed by atoms with Gasteiger partial charge in [-0.15, -0.1) is 21.7 Å². The number of carbonyl (C=O) groups is 2. The van der Waals surface area contributed by atoms with E-state index in [9.17, 15) is 14.0 Å². The summed E-state index contributed by atoms with van der Waals surface area (Å²) in [5, 5.41) is 23.3. The first-order chi connectivity index (χ1) is 69.1. The fraction of sp³-hybridized carbons (Fsp3) is 0.381. The summed E-state index contributed by atoms with van der Waals surface area (Å²) < 4.78 is 13.3. The fourth-order valence-electron chi connectivity index (χ4n) is 9.97. The van der Waals surface area contributed by atoms with Crippen molar-refractivity contribution in [1.29, 1.82) is 0 Å². The van der Waals surface area contributed by atoms with Crippen molar-refractivity contribution < 1.29 is 14.0 Å². The maximum atomic E-state index is 12.4. The zero-order valence-electron chi connectivity index (χ0n) is 92.4. The molecule has 776 valence electrons. The van der Waals surface area contributed by atoms with Crippen molar-refractivity contribution in [1.82, 2.24) is 180 Å². The number of aromatic nitrogens is 36. The molecule has 16 aromatic rings. The largest absolute Gasteiger partial charge is 0.298 e. The zero-order chi connectivity index (χ0) is 112. The molecule has 0 atom stereocenters. The third-order valence-corrected chi connectivity index (χ3v) is 19.3. The number of Topliss-reactive ketones (excluding diaryl/α,β-unsaturated/α-hetero) is 1. The van der Waals surface area contributed by atoms with Crippen LogP contribution < -0.4 is 0 Å². The third-order valence-electron chi connectivity index (χ3n) is 18.2. The highest BCUT2D eigenvalue weighted by molar-refractivity contribution is 9.10. The standard InChI is InChI=1S/C8H10N2O.C8H8N2.C7H7N3.C7H8N2O.3C7H10N2.C6H7BrN2.C6H7ClN2.C6H7FN2.2C6H9N3.2C6H8N2.2C5H7N3.C2H6/c1-5-8(6(2)11)4-9-7(3)10-5;1-4-8-5-9-7(3)10-6(8)2;1-5-7(8-3)4-9-6(2)10-5;1-5-7(4-10)3-8-6(2)9-5;3*1-5-4-8-7(3)9-6(5)2;3*1-4-6(7)3-8-5(2)9-4;2*1-4-5(2)8-9-6(3)7-4;1-5-3-6(2)8-4-7-5;1-5-3-4-7-6(2)8-5;1-4-6-3-7-5(2)8-4;1-4-3-6-8-5(2)7-4;1-2/h4H,1-3H3;1,5H,2-3H3;4H,1-2H3;3-4H,1-2H3;3*4H,1-3H3;3*3H,1-2H3;2*1-3H3;2*3-4H,1-2H3;2*3H,1-2H3;1-2H3. The van der Waals surface area contributed by atoms with E-state index in [0.717, 1.165) is 200 Å². The highest BCUT2D eigenvalue weighted by Gasteiger charge is 2.07. The number of rotatable bonds is 2. The fourth-order valence-corrected chi connectivity index (χ4v) is 10.3. The van der Waals surface area contributed by atoms with Gasteiger partial charge in [-0.1, -0.05) is 31.4 Å². The van der Waals surface area contributed by atoms with E-state index < -0.39 is 0 Å². The van der Waals surface area contributed by atoms with E-state index in [2.05, 4.69) is 207 Å². The highest BCUT2D eigenvalue weighted by atomic mass is 79.9. The van der Waals surface area contributed by atoms with Crippen LogP contribution in [0, 0.1) is 281 Å². The van der Waals surface area contributed by atoms with E-state index >= 15 is 0 Å². The Kier molecular flexibility index (Phi) is 63.8. The van der Waals surface area contributed by atoms with Gasteiger partial charge in [-0.05, 0) is 308 Å². The minimum atomic E-state index is -0.347. The van der Waals surface area contributed by atoms with Gasteiger partial charge >= 0.3 is 0 Å². The number of nitrogens with zero attached hydrogens (tertiary/aromatic N) is 37. The second-order valence-electron chi connectivity index (χ2n) is 31.5. The average molecular weight is 2080 g/mol. The Balaban J connectivity index is 0.00000155. The first kappa shape index (κ1) is 131. The number of terminal acetylenes is 1. The molecule has 39 nitrogen and oxygen atoms in total. The third kappa shape index (κ3) is 59.1. The van der Waals surface area contributed by atoms with Gasteiger partial charge in [0.2, 0.25) is 5.69 Å². The molecule has 0 aliphatic heterocycles. The van der Waals surface area contributed by atoms with Crippen molar-refractivity contribution in [2.45, 2.75) is 277 Å². The quantitative estimate of drug-likeness (QED) is 0.0671. The second kappa shape index (κ2) is 71.5. The van der Waals surface area contributed by atoms with Crippen LogP contribution in [0.5, 0.6) is 0 Å². The Morgan fingerprint density at radius 2 is 0.673 bits per heavy atom. The molecule has 0 saturated heterocycles. The van der Waals surface area contributed by atoms with Crippen molar-refractivity contribution in [3.8, 4) is 12.3 Å². The number of aryl methyl sites for hydroxylation is 37. The maximum absolute atomic E-state index is 12.4. The summed E-state index contributed by atoms with van der Waals surface area (Å²) in [5.74, 6) is 14.3. The average Bonchev–Trinajstić information content (AvgIpc) is 0.936. The Morgan fingerprint density at radius 3 is 0.966 bits per heavy atom. The van der Waals surface area contributed by atoms with Gasteiger partial charge in [0.25, 0.3) is 0 Å². The lowest BCUT2D eigenvalue weighted by Crippen LogP contribution is -2.01. The van der Waals surface area contributed by atoms with Crippen molar-refractivity contribution >= 4 is 45.3 Å². The summed E-state index contributed by atoms with van der Waals surface area (Å²) in [5.41, 5.74) is 22.2. The normalized spacial score (nSPS) is 9.37. The number of carbonyl (C=O) groups excluding carboxylic acids is 2. The molecule has 0 aliphatic carbocycles. The molecule has 16 heterocycles. The molecule has 0 fully saturated rings. The number of hydrogen-bond donors (Lipinski definition) is 0. The smallest absolute Gasteiger partial charge is 0.225 e. The lowest BCUT2D eigenvalue weighted by molar-refractivity contribution is 0.101. The molecule has 0 radical (unpaired) electrons. The van der Waals surface area contributed by atoms with Crippen LogP contribution >= 0.6 is 27.5 Å². The minimum absolute atomic E-state index is 0.0162. The molecule has 0 N–H and O–H groups in total. The molecule has 42 heteroatoms. The van der Waals surface area contributed by atoms with E-state index in [1.54, 1.807) is 91.2 Å². The minimum Gasteiger partial charge on any atom is -0.298 e. The molecule has 0 unspecified atom stereocenters. The summed E-state index contributed by atoms with van der Waals surface area (Å²) in [6.45, 7) is 81.7. The van der Waals surface area contributed by atoms with Gasteiger partial charge in [0.05, 0.1) is 108 Å². The molecule has 0 aromatic carbocycles. The Labute approximate surface area is 878 Å². The molecular formula is C105H138BrClFN37O2. The van der Waals surface area contributed by atoms with Crippen molar-refractivity contribution in [3.63, 3.8) is 0 Å². The van der Waals surface area contributed by atoms with Crippen molar-refractivity contribution in [2.75, 3.05) is 0 Å². The van der Waals surface area contributed by atoms with E-state index in [1.807, 2.05) is 259 Å². The number of ketones is 1. The van der Waals surface area contributed by atoms with Crippen LogP contribution in [0.4, 0.5) is 10.1 Å². The summed E-state index contributed by atoms with van der Waals surface area (Å²) in [6.07, 6.45) is 28.8. The Hall–Kier alpha value is -15.9. The number of halogens is 3. The molecule has 0 aliphatic rings. The van der Waals surface area contributed by atoms with Crippen molar-refractivity contribution in [3.05, 3.63) is 355 Å². The lowest BCUT2D eigenvalue weighted by Gasteiger charge is -1.99. The van der Waals surface area contributed by atoms with Crippen LogP contribution in [0.25, 0.3) is 4.85 Å².